The van der Waals surface area contributed by atoms with Gasteiger partial charge in [0.1, 0.15) is 11.1 Å². The van der Waals surface area contributed by atoms with E-state index in [1.165, 1.54) is 0 Å². The van der Waals surface area contributed by atoms with E-state index >= 15 is 0 Å². The van der Waals surface area contributed by atoms with Gasteiger partial charge in [-0.05, 0) is 59.3 Å². The number of benzene rings is 1. The number of halogens is 1. The minimum absolute atomic E-state index is 0.415. The highest BCUT2D eigenvalue weighted by Crippen LogP contribution is 2.48. The summed E-state index contributed by atoms with van der Waals surface area (Å²) in [5.74, 6) is -1.56. The SMILES string of the molecule is CC(C)(C)OC(=O)N[C@@]1(c2ccccc2Cl)CCCCC1(O)O[Si](C)(C)C. The number of nitrogens with one attached hydrogen (secondary N) is 1. The van der Waals surface area contributed by atoms with Crippen molar-refractivity contribution < 1.29 is 19.1 Å². The molecule has 5 nitrogen and oxygen atoms in total. The molecule has 1 unspecified atom stereocenters. The highest BCUT2D eigenvalue weighted by Gasteiger charge is 2.57. The molecule has 0 aliphatic heterocycles. The number of hydrogen-bond donors (Lipinski definition) is 2. The minimum atomic E-state index is -2.14. The third kappa shape index (κ3) is 5.25. The summed E-state index contributed by atoms with van der Waals surface area (Å²) in [6, 6.07) is 7.28. The molecule has 152 valence electrons. The maximum absolute atomic E-state index is 12.7. The molecular formula is C20H32ClNO4Si. The molecule has 2 rings (SSSR count). The van der Waals surface area contributed by atoms with Gasteiger partial charge in [-0.25, -0.2) is 4.79 Å². The molecule has 2 N–H and O–H groups in total. The Bertz CT molecular complexity index is 685. The van der Waals surface area contributed by atoms with Crippen LogP contribution in [0.2, 0.25) is 24.7 Å². The standard InChI is InChI=1S/C20H32ClNO4Si/c1-18(2,3)25-17(23)22-19(15-11-7-8-12-16(15)21)13-9-10-14-20(19,24)26-27(4,5)6/h7-8,11-12,24H,9-10,13-14H2,1-6H3,(H,22,23)/t19-,20?/m1/s1. The second-order valence-electron chi connectivity index (χ2n) is 9.22. The number of hydrogen-bond acceptors (Lipinski definition) is 4. The summed E-state index contributed by atoms with van der Waals surface area (Å²) < 4.78 is 11.8. The van der Waals surface area contributed by atoms with E-state index in [4.69, 9.17) is 20.8 Å². The Morgan fingerprint density at radius 1 is 1.19 bits per heavy atom. The number of ether oxygens (including phenoxy) is 1. The van der Waals surface area contributed by atoms with Crippen LogP contribution in [0.1, 0.15) is 52.0 Å². The van der Waals surface area contributed by atoms with Crippen molar-refractivity contribution in [1.82, 2.24) is 5.32 Å². The van der Waals surface area contributed by atoms with Crippen molar-refractivity contribution in [2.24, 2.45) is 0 Å². The van der Waals surface area contributed by atoms with Crippen molar-refractivity contribution in [1.29, 1.82) is 0 Å². The van der Waals surface area contributed by atoms with E-state index in [0.29, 0.717) is 23.4 Å². The molecule has 0 aromatic heterocycles. The van der Waals surface area contributed by atoms with Crippen LogP contribution in [0.4, 0.5) is 4.79 Å². The lowest BCUT2D eigenvalue weighted by Gasteiger charge is -2.52. The van der Waals surface area contributed by atoms with Gasteiger partial charge in [0, 0.05) is 17.0 Å². The Morgan fingerprint density at radius 2 is 1.78 bits per heavy atom. The van der Waals surface area contributed by atoms with Crippen LogP contribution >= 0.6 is 11.6 Å². The lowest BCUT2D eigenvalue weighted by atomic mass is 9.71. The van der Waals surface area contributed by atoms with Gasteiger partial charge in [-0.15, -0.1) is 0 Å². The molecule has 1 aromatic rings. The predicted octanol–water partition coefficient (Wildman–Crippen LogP) is 5.17. The lowest BCUT2D eigenvalue weighted by molar-refractivity contribution is -0.225. The summed E-state index contributed by atoms with van der Waals surface area (Å²) in [5, 5.41) is 15.2. The molecule has 7 heteroatoms. The Kier molecular flexibility index (Phi) is 6.37. The van der Waals surface area contributed by atoms with Crippen molar-refractivity contribution in [3.63, 3.8) is 0 Å². The summed E-state index contributed by atoms with van der Waals surface area (Å²) in [6.07, 6.45) is 1.97. The third-order valence-corrected chi connectivity index (χ3v) is 5.79. The number of amides is 1. The summed E-state index contributed by atoms with van der Waals surface area (Å²) in [7, 11) is -2.14. The van der Waals surface area contributed by atoms with Gasteiger partial charge in [-0.1, -0.05) is 36.2 Å². The van der Waals surface area contributed by atoms with Crippen LogP contribution in [0.15, 0.2) is 24.3 Å². The number of rotatable bonds is 4. The van der Waals surface area contributed by atoms with Crippen molar-refractivity contribution >= 4 is 26.0 Å². The van der Waals surface area contributed by atoms with E-state index in [-0.39, 0.29) is 0 Å². The first-order chi connectivity index (χ1) is 12.3. The highest BCUT2D eigenvalue weighted by molar-refractivity contribution is 6.69. The van der Waals surface area contributed by atoms with E-state index in [9.17, 15) is 9.90 Å². The fourth-order valence-electron chi connectivity index (χ4n) is 3.67. The third-order valence-electron chi connectivity index (χ3n) is 4.51. The lowest BCUT2D eigenvalue weighted by Crippen LogP contribution is -2.67. The Hall–Kier alpha value is -1.08. The Labute approximate surface area is 168 Å². The maximum atomic E-state index is 12.7. The van der Waals surface area contributed by atoms with Gasteiger partial charge in [0.2, 0.25) is 0 Å². The fourth-order valence-corrected chi connectivity index (χ4v) is 5.25. The van der Waals surface area contributed by atoms with Gasteiger partial charge in [-0.2, -0.15) is 0 Å². The topological polar surface area (TPSA) is 67.8 Å². The van der Waals surface area contributed by atoms with Crippen molar-refractivity contribution in [3.8, 4) is 0 Å². The van der Waals surface area contributed by atoms with Crippen LogP contribution < -0.4 is 5.32 Å². The summed E-state index contributed by atoms with van der Waals surface area (Å²) in [5.41, 5.74) is -1.18. The number of carbonyl (C=O) groups is 1. The smallest absolute Gasteiger partial charge is 0.408 e. The number of carbonyl (C=O) groups excluding carboxylic acids is 1. The molecule has 0 bridgehead atoms. The van der Waals surface area contributed by atoms with Gasteiger partial charge in [0.15, 0.2) is 14.1 Å². The van der Waals surface area contributed by atoms with Crippen LogP contribution in [-0.2, 0) is 14.7 Å². The van der Waals surface area contributed by atoms with Crippen molar-refractivity contribution in [2.45, 2.75) is 83.0 Å². The molecule has 1 amide bonds. The molecule has 0 radical (unpaired) electrons. The van der Waals surface area contributed by atoms with Gasteiger partial charge in [0.25, 0.3) is 0 Å². The molecule has 2 atom stereocenters. The summed E-state index contributed by atoms with van der Waals surface area (Å²) in [6.45, 7) is 11.5. The molecule has 0 saturated heterocycles. The molecular weight excluding hydrogens is 382 g/mol. The molecule has 1 aromatic carbocycles. The number of aliphatic hydroxyl groups is 1. The van der Waals surface area contributed by atoms with Crippen LogP contribution in [0.5, 0.6) is 0 Å². The highest BCUT2D eigenvalue weighted by atomic mass is 35.5. The van der Waals surface area contributed by atoms with E-state index in [2.05, 4.69) is 5.32 Å². The Morgan fingerprint density at radius 3 is 2.33 bits per heavy atom. The predicted molar refractivity (Wildman–Crippen MR) is 110 cm³/mol. The molecule has 1 saturated carbocycles. The number of alkyl carbamates (subject to hydrolysis) is 1. The molecule has 0 heterocycles. The molecule has 1 aliphatic carbocycles. The average Bonchev–Trinajstić information content (AvgIpc) is 2.46. The van der Waals surface area contributed by atoms with Gasteiger partial charge in [0.05, 0.1) is 0 Å². The minimum Gasteiger partial charge on any atom is -0.444 e. The van der Waals surface area contributed by atoms with E-state index in [1.54, 1.807) is 26.8 Å². The first-order valence-electron chi connectivity index (χ1n) is 9.47. The van der Waals surface area contributed by atoms with Gasteiger partial charge in [-0.3, -0.25) is 0 Å². The van der Waals surface area contributed by atoms with Crippen LogP contribution in [0.25, 0.3) is 0 Å². The quantitative estimate of drug-likeness (QED) is 0.527. The second-order valence-corrected chi connectivity index (χ2v) is 14.1. The van der Waals surface area contributed by atoms with Crippen molar-refractivity contribution in [2.75, 3.05) is 0 Å². The summed E-state index contributed by atoms with van der Waals surface area (Å²) in [4.78, 5) is 12.7. The average molecular weight is 414 g/mol. The fraction of sp³-hybridized carbons (Fsp3) is 0.650. The first-order valence-corrected chi connectivity index (χ1v) is 13.3. The van der Waals surface area contributed by atoms with Crippen LogP contribution in [-0.4, -0.2) is 30.9 Å². The zero-order chi connectivity index (χ0) is 20.5. The summed E-state index contributed by atoms with van der Waals surface area (Å²) >= 11 is 6.51. The molecule has 1 fully saturated rings. The molecule has 1 aliphatic rings. The zero-order valence-corrected chi connectivity index (χ0v) is 18.9. The van der Waals surface area contributed by atoms with E-state index in [1.807, 2.05) is 37.8 Å². The largest absolute Gasteiger partial charge is 0.444 e. The zero-order valence-electron chi connectivity index (χ0n) is 17.2. The first kappa shape index (κ1) is 22.2. The van der Waals surface area contributed by atoms with E-state index in [0.717, 1.165) is 12.8 Å². The maximum Gasteiger partial charge on any atom is 0.408 e. The second kappa shape index (κ2) is 7.74. The van der Waals surface area contributed by atoms with Crippen LogP contribution in [0, 0.1) is 0 Å². The monoisotopic (exact) mass is 413 g/mol. The van der Waals surface area contributed by atoms with Crippen LogP contribution in [0.3, 0.4) is 0 Å². The van der Waals surface area contributed by atoms with Gasteiger partial charge < -0.3 is 19.6 Å². The molecule has 27 heavy (non-hydrogen) atoms. The van der Waals surface area contributed by atoms with Crippen molar-refractivity contribution in [3.05, 3.63) is 34.9 Å². The van der Waals surface area contributed by atoms with Gasteiger partial charge >= 0.3 is 6.09 Å². The normalized spacial score (nSPS) is 26.5. The van der Waals surface area contributed by atoms with E-state index < -0.39 is 31.3 Å². The Balaban J connectivity index is 2.57. The molecule has 0 spiro atoms.